The fraction of sp³-hybridized carbons (Fsp3) is 1.00. The van der Waals surface area contributed by atoms with E-state index < -0.39 is 0 Å². The molecule has 8 unspecified atom stereocenters. The van der Waals surface area contributed by atoms with Crippen molar-refractivity contribution in [2.75, 3.05) is 0 Å². The molecule has 3 fully saturated rings. The van der Waals surface area contributed by atoms with E-state index in [1.807, 2.05) is 0 Å². The lowest BCUT2D eigenvalue weighted by molar-refractivity contribution is -0.148. The van der Waals surface area contributed by atoms with Crippen molar-refractivity contribution in [3.63, 3.8) is 0 Å². The predicted molar refractivity (Wildman–Crippen MR) is 59.9 cm³/mol. The average Bonchev–Trinajstić information content (AvgIpc) is 2.24. The van der Waals surface area contributed by atoms with Crippen molar-refractivity contribution in [1.29, 1.82) is 0 Å². The Hall–Kier alpha value is 0. The van der Waals surface area contributed by atoms with Crippen LogP contribution in [0.4, 0.5) is 0 Å². The molecule has 0 nitrogen and oxygen atoms in total. The monoisotopic (exact) mass is 192 g/mol. The molecule has 0 aromatic carbocycles. The Labute approximate surface area is 88.5 Å². The summed E-state index contributed by atoms with van der Waals surface area (Å²) in [5.41, 5.74) is 0. The van der Waals surface area contributed by atoms with Gasteiger partial charge in [-0.2, -0.15) is 0 Å². The smallest absolute Gasteiger partial charge is 0.0352 e. The summed E-state index contributed by atoms with van der Waals surface area (Å²) in [5.74, 6) is 8.58. The van der Waals surface area contributed by atoms with Gasteiger partial charge in [0.05, 0.1) is 0 Å². The third-order valence-electron chi connectivity index (χ3n) is 6.55. The summed E-state index contributed by atoms with van der Waals surface area (Å²) in [5, 5.41) is 0. The Morgan fingerprint density at radius 2 is 0.714 bits per heavy atom. The minimum absolute atomic E-state index is 1.03. The summed E-state index contributed by atoms with van der Waals surface area (Å²) in [6.07, 6.45) is 3.15. The maximum atomic E-state index is 2.49. The van der Waals surface area contributed by atoms with E-state index in [1.165, 1.54) is 0 Å². The zero-order valence-corrected chi connectivity index (χ0v) is 10.0. The molecule has 0 saturated heterocycles. The van der Waals surface area contributed by atoms with Crippen molar-refractivity contribution in [2.24, 2.45) is 47.3 Å². The van der Waals surface area contributed by atoms with E-state index in [2.05, 4.69) is 27.7 Å². The lowest BCUT2D eigenvalue weighted by atomic mass is 9.42. The van der Waals surface area contributed by atoms with Crippen molar-refractivity contribution in [2.45, 2.75) is 40.5 Å². The van der Waals surface area contributed by atoms with E-state index in [4.69, 9.17) is 0 Å². The van der Waals surface area contributed by atoms with Gasteiger partial charge in [-0.1, -0.05) is 27.7 Å². The molecule has 0 amide bonds. The van der Waals surface area contributed by atoms with E-state index in [1.54, 1.807) is 12.8 Å². The van der Waals surface area contributed by atoms with Crippen LogP contribution in [0.25, 0.3) is 0 Å². The van der Waals surface area contributed by atoms with Crippen LogP contribution in [0.5, 0.6) is 0 Å². The first-order valence-electron chi connectivity index (χ1n) is 6.61. The minimum atomic E-state index is 1.03. The third-order valence-corrected chi connectivity index (χ3v) is 6.55. The van der Waals surface area contributed by atoms with Crippen molar-refractivity contribution in [1.82, 2.24) is 0 Å². The van der Waals surface area contributed by atoms with Gasteiger partial charge in [0.2, 0.25) is 0 Å². The molecular formula is C14H24. The van der Waals surface area contributed by atoms with Crippen molar-refractivity contribution < 1.29 is 0 Å². The lowest BCUT2D eigenvalue weighted by Gasteiger charge is -2.63. The van der Waals surface area contributed by atoms with E-state index in [0.29, 0.717) is 0 Å². The molecule has 0 bridgehead atoms. The number of hydrogen-bond acceptors (Lipinski definition) is 0. The molecule has 0 spiro atoms. The Morgan fingerprint density at radius 1 is 0.500 bits per heavy atom. The minimum Gasteiger partial charge on any atom is -0.0620 e. The standard InChI is InChI=1S/C14H24/c1-7-8(2)12-6-14-10(4)9(3)13(14)5-11(7)12/h7-14H,5-6H2,1-4H3. The van der Waals surface area contributed by atoms with Gasteiger partial charge < -0.3 is 0 Å². The first-order chi connectivity index (χ1) is 6.61. The van der Waals surface area contributed by atoms with E-state index >= 15 is 0 Å². The van der Waals surface area contributed by atoms with Gasteiger partial charge in [0, 0.05) is 0 Å². The molecule has 0 heteroatoms. The highest BCUT2D eigenvalue weighted by Gasteiger charge is 2.57. The first-order valence-corrected chi connectivity index (χ1v) is 6.61. The summed E-state index contributed by atoms with van der Waals surface area (Å²) in [4.78, 5) is 0. The molecule has 0 aliphatic heterocycles. The lowest BCUT2D eigenvalue weighted by Crippen LogP contribution is -2.57. The Bertz CT molecular complexity index is 194. The average molecular weight is 192 g/mol. The Kier molecular flexibility index (Phi) is 1.83. The van der Waals surface area contributed by atoms with Crippen LogP contribution in [-0.4, -0.2) is 0 Å². The molecule has 0 heterocycles. The number of hydrogen-bond donors (Lipinski definition) is 0. The Balaban J connectivity index is 1.74. The molecule has 8 atom stereocenters. The van der Waals surface area contributed by atoms with Gasteiger partial charge in [-0.25, -0.2) is 0 Å². The van der Waals surface area contributed by atoms with Gasteiger partial charge in [0.1, 0.15) is 0 Å². The second-order valence-corrected chi connectivity index (χ2v) is 6.56. The molecule has 0 aromatic rings. The number of fused-ring (bicyclic) bond motifs is 2. The molecular weight excluding hydrogens is 168 g/mol. The molecule has 80 valence electrons. The van der Waals surface area contributed by atoms with Crippen LogP contribution < -0.4 is 0 Å². The Morgan fingerprint density at radius 3 is 0.929 bits per heavy atom. The normalized spacial score (nSPS) is 66.0. The number of rotatable bonds is 0. The molecule has 3 rings (SSSR count). The molecule has 3 aliphatic rings. The first kappa shape index (κ1) is 9.24. The van der Waals surface area contributed by atoms with Gasteiger partial charge in [0.15, 0.2) is 0 Å². The van der Waals surface area contributed by atoms with Gasteiger partial charge in [-0.15, -0.1) is 0 Å². The zero-order chi connectivity index (χ0) is 10.0. The maximum absolute atomic E-state index is 2.49. The summed E-state index contributed by atoms with van der Waals surface area (Å²) in [6, 6.07) is 0. The van der Waals surface area contributed by atoms with Crippen molar-refractivity contribution in [3.05, 3.63) is 0 Å². The quantitative estimate of drug-likeness (QED) is 0.547. The summed E-state index contributed by atoms with van der Waals surface area (Å²) in [7, 11) is 0. The van der Waals surface area contributed by atoms with Gasteiger partial charge >= 0.3 is 0 Å². The molecule has 0 N–H and O–H groups in total. The molecule has 0 aromatic heterocycles. The fourth-order valence-electron chi connectivity index (χ4n) is 5.01. The molecule has 14 heavy (non-hydrogen) atoms. The maximum Gasteiger partial charge on any atom is -0.0352 e. The summed E-state index contributed by atoms with van der Waals surface area (Å²) < 4.78 is 0. The molecule has 3 aliphatic carbocycles. The second kappa shape index (κ2) is 2.77. The van der Waals surface area contributed by atoms with Crippen molar-refractivity contribution >= 4 is 0 Å². The van der Waals surface area contributed by atoms with Gasteiger partial charge in [-0.05, 0) is 60.2 Å². The van der Waals surface area contributed by atoms with Crippen molar-refractivity contribution in [3.8, 4) is 0 Å². The highest BCUT2D eigenvalue weighted by atomic mass is 14.6. The highest BCUT2D eigenvalue weighted by Crippen LogP contribution is 2.63. The highest BCUT2D eigenvalue weighted by molar-refractivity contribution is 5.05. The summed E-state index contributed by atoms with van der Waals surface area (Å²) in [6.45, 7) is 9.94. The van der Waals surface area contributed by atoms with Crippen LogP contribution in [0.2, 0.25) is 0 Å². The van der Waals surface area contributed by atoms with Crippen LogP contribution in [0.15, 0.2) is 0 Å². The molecule has 3 saturated carbocycles. The van der Waals surface area contributed by atoms with Crippen LogP contribution >= 0.6 is 0 Å². The zero-order valence-electron chi connectivity index (χ0n) is 10.0. The van der Waals surface area contributed by atoms with Crippen LogP contribution in [0.1, 0.15) is 40.5 Å². The van der Waals surface area contributed by atoms with Gasteiger partial charge in [0.25, 0.3) is 0 Å². The summed E-state index contributed by atoms with van der Waals surface area (Å²) >= 11 is 0. The van der Waals surface area contributed by atoms with Crippen LogP contribution in [0.3, 0.4) is 0 Å². The van der Waals surface area contributed by atoms with E-state index in [0.717, 1.165) is 47.3 Å². The van der Waals surface area contributed by atoms with Crippen LogP contribution in [-0.2, 0) is 0 Å². The van der Waals surface area contributed by atoms with Gasteiger partial charge in [-0.3, -0.25) is 0 Å². The SMILES string of the molecule is CC1C(C)C2CC3C(C)C(C)C3CC12. The van der Waals surface area contributed by atoms with Crippen LogP contribution in [0, 0.1) is 47.3 Å². The second-order valence-electron chi connectivity index (χ2n) is 6.56. The van der Waals surface area contributed by atoms with E-state index in [-0.39, 0.29) is 0 Å². The molecule has 0 radical (unpaired) electrons. The largest absolute Gasteiger partial charge is 0.0620 e. The van der Waals surface area contributed by atoms with E-state index in [9.17, 15) is 0 Å². The predicted octanol–water partition coefficient (Wildman–Crippen LogP) is 3.82. The fourth-order valence-corrected chi connectivity index (χ4v) is 5.01. The third kappa shape index (κ3) is 0.907. The topological polar surface area (TPSA) is 0 Å².